The van der Waals surface area contributed by atoms with E-state index < -0.39 is 4.92 Å². The lowest BCUT2D eigenvalue weighted by Crippen LogP contribution is -1.92. The lowest BCUT2D eigenvalue weighted by atomic mass is 10.1. The smallest absolute Gasteiger partial charge is 0.258 e. The van der Waals surface area contributed by atoms with Crippen molar-refractivity contribution in [1.82, 2.24) is 0 Å². The van der Waals surface area contributed by atoms with Crippen molar-refractivity contribution in [3.63, 3.8) is 0 Å². The maximum absolute atomic E-state index is 10.5. The second kappa shape index (κ2) is 3.19. The van der Waals surface area contributed by atoms with E-state index in [1.807, 2.05) is 0 Å². The van der Waals surface area contributed by atoms with Gasteiger partial charge in [-0.1, -0.05) is 0 Å². The zero-order chi connectivity index (χ0) is 10.0. The summed E-state index contributed by atoms with van der Waals surface area (Å²) in [6.07, 6.45) is 0. The first kappa shape index (κ1) is 9.13. The van der Waals surface area contributed by atoms with Crippen molar-refractivity contribution in [2.24, 2.45) is 0 Å². The monoisotopic (exact) mass is 178 g/mol. The quantitative estimate of drug-likeness (QED) is 0.377. The summed E-state index contributed by atoms with van der Waals surface area (Å²) in [6, 6.07) is 2.96. The van der Waals surface area contributed by atoms with Crippen LogP contribution in [0.4, 0.5) is 11.4 Å². The van der Waals surface area contributed by atoms with E-state index in [0.717, 1.165) is 0 Å². The summed E-state index contributed by atoms with van der Waals surface area (Å²) in [5.41, 5.74) is 1.34. The van der Waals surface area contributed by atoms with Gasteiger partial charge in [-0.05, 0) is 19.9 Å². The number of aryl methyl sites for hydroxylation is 1. The first-order valence-electron chi connectivity index (χ1n) is 3.67. The lowest BCUT2D eigenvalue weighted by Gasteiger charge is -1.94. The zero-order valence-corrected chi connectivity index (χ0v) is 7.31. The Morgan fingerprint density at radius 2 is 2.08 bits per heavy atom. The number of rotatable bonds is 1. The van der Waals surface area contributed by atoms with Crippen molar-refractivity contribution in [2.45, 2.75) is 13.8 Å². The number of nitrogens with zero attached hydrogens (tertiary/aromatic N) is 3. The highest BCUT2D eigenvalue weighted by Gasteiger charge is 2.23. The summed E-state index contributed by atoms with van der Waals surface area (Å²) in [7, 11) is 0. The molecule has 0 fully saturated rings. The normalized spacial score (nSPS) is 9.31. The van der Waals surface area contributed by atoms with Crippen LogP contribution < -0.4 is 0 Å². The molecule has 0 aromatic heterocycles. The SMILES string of the molecule is Cc1ccc([N+](=O)[O-])c(C)c1[N+]#N. The van der Waals surface area contributed by atoms with Crippen LogP contribution in [-0.4, -0.2) is 4.92 Å². The Morgan fingerprint density at radius 3 is 2.54 bits per heavy atom. The molecule has 1 rings (SSSR count). The fourth-order valence-electron chi connectivity index (χ4n) is 1.18. The minimum Gasteiger partial charge on any atom is -0.258 e. The summed E-state index contributed by atoms with van der Waals surface area (Å²) >= 11 is 0. The summed E-state index contributed by atoms with van der Waals surface area (Å²) in [5.74, 6) is 0. The topological polar surface area (TPSA) is 71.3 Å². The highest BCUT2D eigenvalue weighted by atomic mass is 16.6. The van der Waals surface area contributed by atoms with Crippen LogP contribution >= 0.6 is 0 Å². The molecular formula is C8H8N3O2+. The molecule has 0 aliphatic rings. The van der Waals surface area contributed by atoms with Gasteiger partial charge in [0.25, 0.3) is 5.69 Å². The summed E-state index contributed by atoms with van der Waals surface area (Å²) < 4.78 is 0. The van der Waals surface area contributed by atoms with Crippen molar-refractivity contribution in [3.05, 3.63) is 38.3 Å². The molecule has 0 saturated carbocycles. The van der Waals surface area contributed by atoms with Crippen LogP contribution in [0.2, 0.25) is 0 Å². The second-order valence-corrected chi connectivity index (χ2v) is 2.73. The Hall–Kier alpha value is -1.96. The highest BCUT2D eigenvalue weighted by Crippen LogP contribution is 2.30. The molecule has 5 heteroatoms. The predicted molar refractivity (Wildman–Crippen MR) is 47.3 cm³/mol. The van der Waals surface area contributed by atoms with E-state index in [1.165, 1.54) is 6.07 Å². The third kappa shape index (κ3) is 1.47. The largest absolute Gasteiger partial charge is 0.397 e. The molecule has 0 radical (unpaired) electrons. The molecule has 0 saturated heterocycles. The third-order valence-electron chi connectivity index (χ3n) is 1.90. The summed E-state index contributed by atoms with van der Waals surface area (Å²) in [4.78, 5) is 13.0. The molecule has 0 aliphatic heterocycles. The number of hydrogen-bond acceptors (Lipinski definition) is 3. The molecule has 1 aromatic rings. The van der Waals surface area contributed by atoms with Crippen molar-refractivity contribution in [2.75, 3.05) is 0 Å². The maximum Gasteiger partial charge on any atom is 0.397 e. The van der Waals surface area contributed by atoms with Gasteiger partial charge in [0.1, 0.15) is 5.56 Å². The first-order chi connectivity index (χ1) is 6.07. The van der Waals surface area contributed by atoms with Gasteiger partial charge in [-0.25, -0.2) is 0 Å². The van der Waals surface area contributed by atoms with Crippen molar-refractivity contribution >= 4 is 11.4 Å². The van der Waals surface area contributed by atoms with Gasteiger partial charge in [-0.2, -0.15) is 0 Å². The lowest BCUT2D eigenvalue weighted by molar-refractivity contribution is -0.385. The number of hydrogen-bond donors (Lipinski definition) is 0. The van der Waals surface area contributed by atoms with E-state index in [1.54, 1.807) is 19.9 Å². The average Bonchev–Trinajstić information content (AvgIpc) is 2.04. The van der Waals surface area contributed by atoms with E-state index in [0.29, 0.717) is 11.1 Å². The molecule has 1 aromatic carbocycles. The number of nitro benzene ring substituents is 1. The van der Waals surface area contributed by atoms with Gasteiger partial charge in [0, 0.05) is 11.6 Å². The molecule has 5 nitrogen and oxygen atoms in total. The molecule has 0 unspecified atom stereocenters. The predicted octanol–water partition coefficient (Wildman–Crippen LogP) is 2.70. The van der Waals surface area contributed by atoms with Gasteiger partial charge >= 0.3 is 5.69 Å². The van der Waals surface area contributed by atoms with Gasteiger partial charge in [0.15, 0.2) is 4.98 Å². The van der Waals surface area contributed by atoms with Crippen molar-refractivity contribution in [1.29, 1.82) is 5.39 Å². The molecule has 66 valence electrons. The Morgan fingerprint density at radius 1 is 1.46 bits per heavy atom. The van der Waals surface area contributed by atoms with Crippen LogP contribution in [0, 0.1) is 29.4 Å². The Bertz CT molecular complexity index is 407. The van der Waals surface area contributed by atoms with Gasteiger partial charge in [-0.3, -0.25) is 10.1 Å². The second-order valence-electron chi connectivity index (χ2n) is 2.73. The number of diazo groups is 1. The fraction of sp³-hybridized carbons (Fsp3) is 0.250. The van der Waals surface area contributed by atoms with E-state index in [2.05, 4.69) is 4.98 Å². The Labute approximate surface area is 74.8 Å². The Kier molecular flexibility index (Phi) is 2.24. The van der Waals surface area contributed by atoms with Crippen LogP contribution in [0.3, 0.4) is 0 Å². The molecular weight excluding hydrogens is 170 g/mol. The maximum atomic E-state index is 10.5. The summed E-state index contributed by atoms with van der Waals surface area (Å²) in [5, 5.41) is 19.1. The van der Waals surface area contributed by atoms with Gasteiger partial charge in [0.2, 0.25) is 5.39 Å². The van der Waals surface area contributed by atoms with E-state index >= 15 is 0 Å². The average molecular weight is 178 g/mol. The van der Waals surface area contributed by atoms with E-state index in [9.17, 15) is 10.1 Å². The standard InChI is InChI=1S/C8H8N3O2/c1-5-3-4-7(11(12)13)6(2)8(5)10-9/h3-4H,1-2H3/q+1. The molecule has 0 amide bonds. The Balaban J connectivity index is 3.47. The van der Waals surface area contributed by atoms with Crippen LogP contribution in [0.25, 0.3) is 4.98 Å². The first-order valence-corrected chi connectivity index (χ1v) is 3.67. The molecule has 0 heterocycles. The van der Waals surface area contributed by atoms with Crippen molar-refractivity contribution in [3.8, 4) is 0 Å². The molecule has 13 heavy (non-hydrogen) atoms. The fourth-order valence-corrected chi connectivity index (χ4v) is 1.18. The summed E-state index contributed by atoms with van der Waals surface area (Å²) in [6.45, 7) is 3.28. The van der Waals surface area contributed by atoms with Crippen LogP contribution in [-0.2, 0) is 0 Å². The zero-order valence-electron chi connectivity index (χ0n) is 7.31. The van der Waals surface area contributed by atoms with Gasteiger partial charge in [0.05, 0.1) is 4.92 Å². The molecule has 0 atom stereocenters. The molecule has 0 spiro atoms. The third-order valence-corrected chi connectivity index (χ3v) is 1.90. The van der Waals surface area contributed by atoms with Crippen LogP contribution in [0.1, 0.15) is 11.1 Å². The number of nitro groups is 1. The van der Waals surface area contributed by atoms with Crippen molar-refractivity contribution < 1.29 is 4.92 Å². The van der Waals surface area contributed by atoms with E-state index in [-0.39, 0.29) is 11.4 Å². The van der Waals surface area contributed by atoms with Gasteiger partial charge in [-0.15, -0.1) is 0 Å². The van der Waals surface area contributed by atoms with Crippen LogP contribution in [0.5, 0.6) is 0 Å². The molecule has 0 aliphatic carbocycles. The molecule has 0 bridgehead atoms. The number of benzene rings is 1. The highest BCUT2D eigenvalue weighted by molar-refractivity contribution is 5.64. The van der Waals surface area contributed by atoms with E-state index in [4.69, 9.17) is 5.39 Å². The van der Waals surface area contributed by atoms with Gasteiger partial charge < -0.3 is 0 Å². The van der Waals surface area contributed by atoms with Crippen LogP contribution in [0.15, 0.2) is 12.1 Å². The molecule has 0 N–H and O–H groups in total. The minimum atomic E-state index is -0.497. The minimum absolute atomic E-state index is 0.0293.